The molecule has 4 nitrogen and oxygen atoms in total. The molecule has 1 unspecified atom stereocenters. The minimum atomic E-state index is -0.787. The predicted molar refractivity (Wildman–Crippen MR) is 91.5 cm³/mol. The summed E-state index contributed by atoms with van der Waals surface area (Å²) >= 11 is 1.68. The third kappa shape index (κ3) is 4.07. The molecule has 1 N–H and O–H groups in total. The molecule has 0 saturated carbocycles. The highest BCUT2D eigenvalue weighted by atomic mass is 32.1. The first kappa shape index (κ1) is 16.4. The molecule has 1 atom stereocenters. The van der Waals surface area contributed by atoms with Gasteiger partial charge < -0.3 is 10.0 Å². The Hall–Kier alpha value is -1.50. The van der Waals surface area contributed by atoms with E-state index in [1.54, 1.807) is 29.5 Å². The van der Waals surface area contributed by atoms with Gasteiger partial charge in [-0.05, 0) is 19.4 Å². The zero-order valence-corrected chi connectivity index (χ0v) is 14.1. The summed E-state index contributed by atoms with van der Waals surface area (Å²) in [7, 11) is 0. The van der Waals surface area contributed by atoms with Crippen molar-refractivity contribution in [2.24, 2.45) is 0 Å². The lowest BCUT2D eigenvalue weighted by Crippen LogP contribution is -2.33. The molecule has 2 heterocycles. The molecule has 1 aromatic carbocycles. The second kappa shape index (κ2) is 7.38. The number of aromatic nitrogens is 1. The standard InChI is InChI=1S/C17H22FN3OS/c1-13-12-23-17(19-13)21-8-4-7-20(9-10-21)11-16(22)14-5-2-3-6-15(14)18/h2-3,5-6,12,16,22H,4,7-11H2,1H3. The molecule has 1 fully saturated rings. The molecule has 1 aromatic heterocycles. The quantitative estimate of drug-likeness (QED) is 0.933. The monoisotopic (exact) mass is 335 g/mol. The molecule has 0 radical (unpaired) electrons. The van der Waals surface area contributed by atoms with Crippen LogP contribution in [0.4, 0.5) is 9.52 Å². The van der Waals surface area contributed by atoms with Gasteiger partial charge in [0.1, 0.15) is 5.82 Å². The maximum Gasteiger partial charge on any atom is 0.185 e. The van der Waals surface area contributed by atoms with Crippen molar-refractivity contribution in [3.63, 3.8) is 0 Å². The first-order valence-corrected chi connectivity index (χ1v) is 8.83. The Bertz CT molecular complexity index is 648. The number of thiazole rings is 1. The van der Waals surface area contributed by atoms with Crippen LogP contribution in [0, 0.1) is 12.7 Å². The van der Waals surface area contributed by atoms with Crippen LogP contribution in [-0.4, -0.2) is 47.7 Å². The van der Waals surface area contributed by atoms with Gasteiger partial charge in [-0.15, -0.1) is 11.3 Å². The van der Waals surface area contributed by atoms with Crippen LogP contribution in [0.3, 0.4) is 0 Å². The molecule has 2 aromatic rings. The van der Waals surface area contributed by atoms with Crippen molar-refractivity contribution in [3.8, 4) is 0 Å². The summed E-state index contributed by atoms with van der Waals surface area (Å²) in [4.78, 5) is 9.05. The number of aliphatic hydroxyl groups excluding tert-OH is 1. The van der Waals surface area contributed by atoms with Crippen molar-refractivity contribution >= 4 is 16.5 Å². The molecule has 6 heteroatoms. The van der Waals surface area contributed by atoms with Gasteiger partial charge in [-0.3, -0.25) is 4.90 Å². The van der Waals surface area contributed by atoms with Gasteiger partial charge in [0.25, 0.3) is 0 Å². The molecular formula is C17H22FN3OS. The maximum absolute atomic E-state index is 13.8. The maximum atomic E-state index is 13.8. The summed E-state index contributed by atoms with van der Waals surface area (Å²) in [6.45, 7) is 6.09. The number of hydrogen-bond acceptors (Lipinski definition) is 5. The fraction of sp³-hybridized carbons (Fsp3) is 0.471. The zero-order valence-electron chi connectivity index (χ0n) is 13.3. The second-order valence-corrected chi connectivity index (χ2v) is 6.79. The molecule has 1 aliphatic rings. The Morgan fingerprint density at radius 3 is 2.83 bits per heavy atom. The van der Waals surface area contributed by atoms with Gasteiger partial charge in [-0.1, -0.05) is 18.2 Å². The third-order valence-electron chi connectivity index (χ3n) is 4.16. The van der Waals surface area contributed by atoms with E-state index in [9.17, 15) is 9.50 Å². The minimum absolute atomic E-state index is 0.338. The number of aliphatic hydroxyl groups is 1. The van der Waals surface area contributed by atoms with Gasteiger partial charge in [-0.25, -0.2) is 9.37 Å². The van der Waals surface area contributed by atoms with Crippen LogP contribution in [-0.2, 0) is 0 Å². The van der Waals surface area contributed by atoms with Crippen molar-refractivity contribution in [1.82, 2.24) is 9.88 Å². The lowest BCUT2D eigenvalue weighted by Gasteiger charge is -2.24. The molecule has 3 rings (SSSR count). The number of rotatable bonds is 4. The summed E-state index contributed by atoms with van der Waals surface area (Å²) in [5.41, 5.74) is 1.44. The first-order chi connectivity index (χ1) is 11.1. The lowest BCUT2D eigenvalue weighted by atomic mass is 10.1. The zero-order chi connectivity index (χ0) is 16.2. The smallest absolute Gasteiger partial charge is 0.185 e. The molecule has 0 bridgehead atoms. The Morgan fingerprint density at radius 1 is 1.26 bits per heavy atom. The van der Waals surface area contributed by atoms with E-state index < -0.39 is 6.10 Å². The molecule has 124 valence electrons. The van der Waals surface area contributed by atoms with Crippen molar-refractivity contribution < 1.29 is 9.50 Å². The summed E-state index contributed by atoms with van der Waals surface area (Å²) < 4.78 is 13.8. The molecule has 23 heavy (non-hydrogen) atoms. The number of anilines is 1. The Kier molecular flexibility index (Phi) is 5.25. The second-order valence-electron chi connectivity index (χ2n) is 5.95. The number of nitrogens with zero attached hydrogens (tertiary/aromatic N) is 3. The van der Waals surface area contributed by atoms with Crippen molar-refractivity contribution in [1.29, 1.82) is 0 Å². The summed E-state index contributed by atoms with van der Waals surface area (Å²) in [5, 5.41) is 13.5. The number of hydrogen-bond donors (Lipinski definition) is 1. The Morgan fingerprint density at radius 2 is 2.09 bits per heavy atom. The third-order valence-corrected chi connectivity index (χ3v) is 5.18. The summed E-state index contributed by atoms with van der Waals surface area (Å²) in [6, 6.07) is 6.46. The average Bonchev–Trinajstić information content (AvgIpc) is 2.83. The minimum Gasteiger partial charge on any atom is -0.387 e. The van der Waals surface area contributed by atoms with Crippen molar-refractivity contribution in [3.05, 3.63) is 46.7 Å². The van der Waals surface area contributed by atoms with E-state index in [0.717, 1.165) is 43.4 Å². The molecule has 0 aliphatic carbocycles. The van der Waals surface area contributed by atoms with Crippen molar-refractivity contribution in [2.75, 3.05) is 37.6 Å². The van der Waals surface area contributed by atoms with E-state index in [0.29, 0.717) is 12.1 Å². The predicted octanol–water partition coefficient (Wildman–Crippen LogP) is 2.84. The lowest BCUT2D eigenvalue weighted by molar-refractivity contribution is 0.114. The van der Waals surface area contributed by atoms with Crippen LogP contribution in [0.1, 0.15) is 23.8 Å². The van der Waals surface area contributed by atoms with E-state index in [-0.39, 0.29) is 5.82 Å². The topological polar surface area (TPSA) is 39.6 Å². The van der Waals surface area contributed by atoms with Gasteiger partial charge in [0, 0.05) is 43.7 Å². The van der Waals surface area contributed by atoms with E-state index in [2.05, 4.69) is 20.2 Å². The summed E-state index contributed by atoms with van der Waals surface area (Å²) in [5.74, 6) is -0.338. The fourth-order valence-electron chi connectivity index (χ4n) is 2.92. The Balaban J connectivity index is 1.59. The van der Waals surface area contributed by atoms with Crippen molar-refractivity contribution in [2.45, 2.75) is 19.4 Å². The number of β-amino-alcohol motifs (C(OH)–C–C–N with tert-alkyl or cyclic N) is 1. The normalized spacial score (nSPS) is 18.0. The SMILES string of the molecule is Cc1csc(N2CCCN(CC(O)c3ccccc3F)CC2)n1. The van der Waals surface area contributed by atoms with E-state index >= 15 is 0 Å². The van der Waals surface area contributed by atoms with Crippen LogP contribution in [0.25, 0.3) is 0 Å². The van der Waals surface area contributed by atoms with E-state index in [4.69, 9.17) is 0 Å². The van der Waals surface area contributed by atoms with Crippen LogP contribution in [0.2, 0.25) is 0 Å². The highest BCUT2D eigenvalue weighted by Crippen LogP contribution is 2.23. The van der Waals surface area contributed by atoms with Gasteiger partial charge >= 0.3 is 0 Å². The average molecular weight is 335 g/mol. The largest absolute Gasteiger partial charge is 0.387 e. The van der Waals surface area contributed by atoms with Crippen LogP contribution in [0.5, 0.6) is 0 Å². The van der Waals surface area contributed by atoms with E-state index in [1.165, 1.54) is 6.07 Å². The highest BCUT2D eigenvalue weighted by Gasteiger charge is 2.21. The van der Waals surface area contributed by atoms with Gasteiger partial charge in [-0.2, -0.15) is 0 Å². The van der Waals surface area contributed by atoms with Crippen LogP contribution < -0.4 is 4.90 Å². The number of benzene rings is 1. The first-order valence-electron chi connectivity index (χ1n) is 7.95. The molecule has 1 saturated heterocycles. The Labute approximate surface area is 140 Å². The van der Waals surface area contributed by atoms with Gasteiger partial charge in [0.05, 0.1) is 11.8 Å². The highest BCUT2D eigenvalue weighted by molar-refractivity contribution is 7.13. The molecule has 0 spiro atoms. The van der Waals surface area contributed by atoms with E-state index in [1.807, 2.05) is 6.92 Å². The number of aryl methyl sites for hydroxylation is 1. The summed E-state index contributed by atoms with van der Waals surface area (Å²) in [6.07, 6.45) is 0.229. The molecule has 0 amide bonds. The number of halogens is 1. The molecular weight excluding hydrogens is 313 g/mol. The molecule has 1 aliphatic heterocycles. The van der Waals surface area contributed by atoms with Gasteiger partial charge in [0.15, 0.2) is 5.13 Å². The fourth-order valence-corrected chi connectivity index (χ4v) is 3.78. The van der Waals surface area contributed by atoms with Gasteiger partial charge in [0.2, 0.25) is 0 Å². The van der Waals surface area contributed by atoms with Crippen LogP contribution in [0.15, 0.2) is 29.6 Å². The van der Waals surface area contributed by atoms with Crippen LogP contribution >= 0.6 is 11.3 Å².